The third-order valence-electron chi connectivity index (χ3n) is 4.83. The number of nitrogens with one attached hydrogen (secondary N) is 2. The summed E-state index contributed by atoms with van der Waals surface area (Å²) >= 11 is 0. The van der Waals surface area contributed by atoms with Crippen molar-refractivity contribution in [1.82, 2.24) is 10.6 Å². The fourth-order valence-electron chi connectivity index (χ4n) is 3.38. The summed E-state index contributed by atoms with van der Waals surface area (Å²) in [5, 5.41) is 6.84. The second kappa shape index (κ2) is 12.5. The second-order valence-corrected chi connectivity index (χ2v) is 6.78. The van der Waals surface area contributed by atoms with Gasteiger partial charge in [0.2, 0.25) is 0 Å². The van der Waals surface area contributed by atoms with Crippen LogP contribution < -0.4 is 20.3 Å². The van der Waals surface area contributed by atoms with Gasteiger partial charge in [0.05, 0.1) is 26.0 Å². The van der Waals surface area contributed by atoms with Gasteiger partial charge in [0.25, 0.3) is 0 Å². The van der Waals surface area contributed by atoms with Crippen LogP contribution in [0.5, 0.6) is 5.75 Å². The Balaban J connectivity index is 0.00000300. The lowest BCUT2D eigenvalue weighted by Gasteiger charge is -2.22. The second-order valence-electron chi connectivity index (χ2n) is 6.78. The third-order valence-corrected chi connectivity index (χ3v) is 4.83. The number of aliphatic imine (C=N–C) groups is 1. The van der Waals surface area contributed by atoms with Gasteiger partial charge >= 0.3 is 0 Å². The van der Waals surface area contributed by atoms with E-state index in [1.807, 2.05) is 30.3 Å². The van der Waals surface area contributed by atoms with Crippen molar-refractivity contribution in [3.63, 3.8) is 0 Å². The summed E-state index contributed by atoms with van der Waals surface area (Å²) in [7, 11) is 3.52. The number of guanidine groups is 1. The maximum absolute atomic E-state index is 5.72. The summed E-state index contributed by atoms with van der Waals surface area (Å²) in [5.74, 6) is 1.73. The Bertz CT molecular complexity index is 757. The Labute approximate surface area is 190 Å². The molecule has 29 heavy (non-hydrogen) atoms. The van der Waals surface area contributed by atoms with Crippen LogP contribution in [0.3, 0.4) is 0 Å². The molecule has 1 atom stereocenters. The quantitative estimate of drug-likeness (QED) is 0.247. The predicted octanol–water partition coefficient (Wildman–Crippen LogP) is 3.27. The van der Waals surface area contributed by atoms with E-state index < -0.39 is 0 Å². The monoisotopic (exact) mass is 510 g/mol. The van der Waals surface area contributed by atoms with Crippen LogP contribution in [0, 0.1) is 0 Å². The van der Waals surface area contributed by atoms with Gasteiger partial charge < -0.3 is 25.0 Å². The highest BCUT2D eigenvalue weighted by atomic mass is 127. The lowest BCUT2D eigenvalue weighted by Crippen LogP contribution is -2.45. The van der Waals surface area contributed by atoms with Crippen molar-refractivity contribution >= 4 is 35.6 Å². The van der Waals surface area contributed by atoms with Gasteiger partial charge in [-0.25, -0.2) is 0 Å². The van der Waals surface area contributed by atoms with Gasteiger partial charge in [0, 0.05) is 32.7 Å². The van der Waals surface area contributed by atoms with Crippen LogP contribution >= 0.6 is 24.0 Å². The Morgan fingerprint density at radius 1 is 1.14 bits per heavy atom. The summed E-state index contributed by atoms with van der Waals surface area (Å²) in [4.78, 5) is 6.69. The molecule has 0 aliphatic carbocycles. The fourth-order valence-corrected chi connectivity index (χ4v) is 3.38. The highest BCUT2D eigenvalue weighted by Crippen LogP contribution is 2.30. The molecule has 7 heteroatoms. The summed E-state index contributed by atoms with van der Waals surface area (Å²) < 4.78 is 11.2. The minimum absolute atomic E-state index is 0. The van der Waals surface area contributed by atoms with Gasteiger partial charge in [-0.1, -0.05) is 42.5 Å². The minimum Gasteiger partial charge on any atom is -0.495 e. The maximum atomic E-state index is 5.72. The molecular weight excluding hydrogens is 479 g/mol. The standard InChI is InChI=1S/C22H30N4O2.HI/c1-23-22(24-13-15-28-17-18-8-4-3-5-9-18)25-19-12-14-26(16-19)20-10-6-7-11-21(20)27-2;/h3-11,19H,12-17H2,1-2H3,(H2,23,24,25);1H. The maximum Gasteiger partial charge on any atom is 0.191 e. The molecule has 1 fully saturated rings. The van der Waals surface area contributed by atoms with E-state index in [2.05, 4.69) is 44.8 Å². The predicted molar refractivity (Wildman–Crippen MR) is 130 cm³/mol. The van der Waals surface area contributed by atoms with Gasteiger partial charge in [-0.05, 0) is 24.1 Å². The first-order valence-electron chi connectivity index (χ1n) is 9.77. The first-order valence-corrected chi connectivity index (χ1v) is 9.77. The molecule has 0 saturated carbocycles. The lowest BCUT2D eigenvalue weighted by molar-refractivity contribution is 0.125. The van der Waals surface area contributed by atoms with Gasteiger partial charge in [0.1, 0.15) is 5.75 Å². The van der Waals surface area contributed by atoms with E-state index in [-0.39, 0.29) is 24.0 Å². The van der Waals surface area contributed by atoms with Crippen LogP contribution in [0.25, 0.3) is 0 Å². The Morgan fingerprint density at radius 3 is 2.66 bits per heavy atom. The van der Waals surface area contributed by atoms with Crippen LogP contribution in [0.15, 0.2) is 59.6 Å². The van der Waals surface area contributed by atoms with Crippen molar-refractivity contribution in [2.24, 2.45) is 4.99 Å². The summed E-state index contributed by atoms with van der Waals surface area (Å²) in [6.45, 7) is 3.90. The third kappa shape index (κ3) is 7.08. The van der Waals surface area contributed by atoms with Crippen LogP contribution in [-0.4, -0.2) is 52.4 Å². The minimum atomic E-state index is 0. The van der Waals surface area contributed by atoms with Crippen molar-refractivity contribution in [2.45, 2.75) is 19.1 Å². The zero-order valence-electron chi connectivity index (χ0n) is 17.1. The number of para-hydroxylation sites is 2. The molecule has 0 amide bonds. The van der Waals surface area contributed by atoms with Crippen molar-refractivity contribution in [2.75, 3.05) is 45.3 Å². The van der Waals surface area contributed by atoms with E-state index in [1.165, 1.54) is 5.56 Å². The molecule has 0 spiro atoms. The molecule has 3 rings (SSSR count). The average molecular weight is 510 g/mol. The molecule has 0 radical (unpaired) electrons. The van der Waals surface area contributed by atoms with E-state index in [0.717, 1.165) is 43.5 Å². The molecule has 1 aliphatic rings. The number of methoxy groups -OCH3 is 1. The first kappa shape index (κ1) is 23.3. The van der Waals surface area contributed by atoms with Crippen LogP contribution in [0.2, 0.25) is 0 Å². The van der Waals surface area contributed by atoms with E-state index in [4.69, 9.17) is 9.47 Å². The number of hydrogen-bond donors (Lipinski definition) is 2. The Kier molecular flexibility index (Phi) is 10.1. The Hall–Kier alpha value is -2.00. The number of hydrogen-bond acceptors (Lipinski definition) is 4. The molecule has 2 aromatic rings. The summed E-state index contributed by atoms with van der Waals surface area (Å²) in [6, 6.07) is 18.7. The van der Waals surface area contributed by atoms with Crippen molar-refractivity contribution in [1.29, 1.82) is 0 Å². The average Bonchev–Trinajstić information content (AvgIpc) is 3.21. The number of nitrogens with zero attached hydrogens (tertiary/aromatic N) is 2. The van der Waals surface area contributed by atoms with Gasteiger partial charge in [-0.2, -0.15) is 0 Å². The molecule has 1 saturated heterocycles. The summed E-state index contributed by atoms with van der Waals surface area (Å²) in [6.07, 6.45) is 1.06. The summed E-state index contributed by atoms with van der Waals surface area (Å²) in [5.41, 5.74) is 2.33. The van der Waals surface area contributed by atoms with Crippen LogP contribution in [-0.2, 0) is 11.3 Å². The number of ether oxygens (including phenoxy) is 2. The fraction of sp³-hybridized carbons (Fsp3) is 0.409. The molecular formula is C22H31IN4O2. The van der Waals surface area contributed by atoms with E-state index in [0.29, 0.717) is 19.3 Å². The lowest BCUT2D eigenvalue weighted by atomic mass is 10.2. The molecule has 2 N–H and O–H groups in total. The number of rotatable bonds is 8. The molecule has 6 nitrogen and oxygen atoms in total. The molecule has 0 bridgehead atoms. The highest BCUT2D eigenvalue weighted by molar-refractivity contribution is 14.0. The van der Waals surface area contributed by atoms with Crippen LogP contribution in [0.1, 0.15) is 12.0 Å². The zero-order valence-corrected chi connectivity index (χ0v) is 19.5. The molecule has 1 heterocycles. The Morgan fingerprint density at radius 2 is 1.90 bits per heavy atom. The molecule has 2 aromatic carbocycles. The topological polar surface area (TPSA) is 58.1 Å². The number of anilines is 1. The number of halogens is 1. The van der Waals surface area contributed by atoms with Gasteiger partial charge in [-0.3, -0.25) is 4.99 Å². The van der Waals surface area contributed by atoms with Crippen molar-refractivity contribution in [3.8, 4) is 5.75 Å². The SMILES string of the molecule is CN=C(NCCOCc1ccccc1)NC1CCN(c2ccccc2OC)C1.I. The molecule has 0 aromatic heterocycles. The smallest absolute Gasteiger partial charge is 0.191 e. The molecule has 1 aliphatic heterocycles. The molecule has 1 unspecified atom stereocenters. The highest BCUT2D eigenvalue weighted by Gasteiger charge is 2.25. The van der Waals surface area contributed by atoms with Crippen molar-refractivity contribution < 1.29 is 9.47 Å². The normalized spacial score (nSPS) is 16.3. The molecule has 158 valence electrons. The van der Waals surface area contributed by atoms with Gasteiger partial charge in [-0.15, -0.1) is 24.0 Å². The zero-order chi connectivity index (χ0) is 19.6. The van der Waals surface area contributed by atoms with E-state index in [9.17, 15) is 0 Å². The van der Waals surface area contributed by atoms with Crippen molar-refractivity contribution in [3.05, 3.63) is 60.2 Å². The number of benzene rings is 2. The van der Waals surface area contributed by atoms with Crippen LogP contribution in [0.4, 0.5) is 5.69 Å². The first-order chi connectivity index (χ1) is 13.8. The van der Waals surface area contributed by atoms with Gasteiger partial charge in [0.15, 0.2) is 5.96 Å². The van der Waals surface area contributed by atoms with E-state index in [1.54, 1.807) is 14.2 Å². The van der Waals surface area contributed by atoms with E-state index >= 15 is 0 Å². The largest absolute Gasteiger partial charge is 0.495 e.